The van der Waals surface area contributed by atoms with Crippen LogP contribution < -0.4 is 4.74 Å². The van der Waals surface area contributed by atoms with Crippen LogP contribution >= 0.6 is 8.25 Å². The molecule has 0 bridgehead atoms. The fraction of sp³-hybridized carbons (Fsp3) is 0.111. The molecule has 1 aromatic carbocycles. The van der Waals surface area contributed by atoms with Gasteiger partial charge in [0.2, 0.25) is 0 Å². The fourth-order valence-electron chi connectivity index (χ4n) is 0.672. The summed E-state index contributed by atoms with van der Waals surface area (Å²) in [6.07, 6.45) is 1.73. The number of rotatable bonds is 3. The number of benzene rings is 1. The molecule has 5 heteroatoms. The fourth-order valence-corrected chi connectivity index (χ4v) is 0.672. The number of ether oxygens (including phenoxy) is 1. The van der Waals surface area contributed by atoms with Crippen molar-refractivity contribution < 1.29 is 19.1 Å². The summed E-state index contributed by atoms with van der Waals surface area (Å²) in [5.74, 6) is 0.891. The van der Waals surface area contributed by atoms with Crippen molar-refractivity contribution in [1.82, 2.24) is 0 Å². The van der Waals surface area contributed by atoms with Crippen molar-refractivity contribution >= 4 is 8.25 Å². The van der Waals surface area contributed by atoms with Crippen molar-refractivity contribution in [2.45, 2.75) is 0 Å². The molecule has 0 unspecified atom stereocenters. The molecular formula is C9H12O4P+. The van der Waals surface area contributed by atoms with Crippen LogP contribution in [0.25, 0.3) is 0 Å². The average Bonchev–Trinajstić information content (AvgIpc) is 2.15. The van der Waals surface area contributed by atoms with Gasteiger partial charge in [0.15, 0.2) is 0 Å². The molecule has 0 heterocycles. The lowest BCUT2D eigenvalue weighted by molar-refractivity contribution is 0.363. The highest BCUT2D eigenvalue weighted by Crippen LogP contribution is 2.07. The second-order valence-corrected chi connectivity index (χ2v) is 2.67. The number of hydrogen-bond acceptors (Lipinski definition) is 2. The summed E-state index contributed by atoms with van der Waals surface area (Å²) in [4.78, 5) is 14.2. The first-order valence-electron chi connectivity index (χ1n) is 3.80. The normalized spacial score (nSPS) is 8.14. The van der Waals surface area contributed by atoms with Crippen molar-refractivity contribution in [3.05, 3.63) is 43.0 Å². The van der Waals surface area contributed by atoms with Crippen molar-refractivity contribution in [3.63, 3.8) is 0 Å². The van der Waals surface area contributed by atoms with Crippen molar-refractivity contribution in [2.24, 2.45) is 0 Å². The molecule has 0 aliphatic carbocycles. The van der Waals surface area contributed by atoms with Crippen LogP contribution in [-0.4, -0.2) is 16.4 Å². The van der Waals surface area contributed by atoms with Crippen molar-refractivity contribution in [3.8, 4) is 5.75 Å². The molecule has 0 atom stereocenters. The molecule has 2 N–H and O–H groups in total. The molecule has 0 spiro atoms. The van der Waals surface area contributed by atoms with Gasteiger partial charge in [0.25, 0.3) is 0 Å². The zero-order chi connectivity index (χ0) is 10.8. The Morgan fingerprint density at radius 1 is 1.36 bits per heavy atom. The van der Waals surface area contributed by atoms with Gasteiger partial charge in [-0.3, -0.25) is 0 Å². The summed E-state index contributed by atoms with van der Waals surface area (Å²) >= 11 is 0. The van der Waals surface area contributed by atoms with Gasteiger partial charge < -0.3 is 4.74 Å². The minimum Gasteiger partial charge on any atom is -0.490 e. The van der Waals surface area contributed by atoms with E-state index in [1.54, 1.807) is 6.08 Å². The van der Waals surface area contributed by atoms with E-state index in [9.17, 15) is 0 Å². The van der Waals surface area contributed by atoms with Crippen LogP contribution in [-0.2, 0) is 4.57 Å². The predicted octanol–water partition coefficient (Wildman–Crippen LogP) is 1.88. The van der Waals surface area contributed by atoms with E-state index in [0.29, 0.717) is 6.61 Å². The summed E-state index contributed by atoms with van der Waals surface area (Å²) in [5.41, 5.74) is 0. The highest BCUT2D eigenvalue weighted by Gasteiger charge is 1.93. The summed E-state index contributed by atoms with van der Waals surface area (Å²) in [6.45, 7) is 4.12. The van der Waals surface area contributed by atoms with Gasteiger partial charge in [-0.15, -0.1) is 9.79 Å². The lowest BCUT2D eigenvalue weighted by atomic mass is 10.3. The van der Waals surface area contributed by atoms with E-state index in [2.05, 4.69) is 6.58 Å². The second-order valence-electron chi connectivity index (χ2n) is 2.17. The maximum absolute atomic E-state index is 8.70. The van der Waals surface area contributed by atoms with Crippen molar-refractivity contribution in [1.29, 1.82) is 0 Å². The second kappa shape index (κ2) is 8.38. The zero-order valence-corrected chi connectivity index (χ0v) is 8.43. The Bertz CT molecular complexity index is 269. The van der Waals surface area contributed by atoms with Gasteiger partial charge >= 0.3 is 8.25 Å². The molecule has 0 aliphatic rings. The standard InChI is InChI=1S/C9H10O.HO3P/c1-2-8-10-9-6-4-3-5-7-9;1-4(2)3/h2-7H,1,8H2;(H-,1,2,3)/p+1. The highest BCUT2D eigenvalue weighted by molar-refractivity contribution is 7.30. The molecule has 0 saturated carbocycles. The van der Waals surface area contributed by atoms with Gasteiger partial charge in [-0.25, -0.2) is 0 Å². The maximum Gasteiger partial charge on any atom is 0.692 e. The predicted molar refractivity (Wildman–Crippen MR) is 54.2 cm³/mol. The molecule has 14 heavy (non-hydrogen) atoms. The summed E-state index contributed by atoms with van der Waals surface area (Å²) in [7, 11) is -2.87. The zero-order valence-electron chi connectivity index (χ0n) is 7.54. The topological polar surface area (TPSA) is 66.8 Å². The van der Waals surface area contributed by atoms with E-state index in [-0.39, 0.29) is 0 Å². The first kappa shape index (κ1) is 12.8. The lowest BCUT2D eigenvalue weighted by Crippen LogP contribution is -1.91. The van der Waals surface area contributed by atoms with E-state index in [0.717, 1.165) is 5.75 Å². The maximum atomic E-state index is 8.70. The summed E-state index contributed by atoms with van der Waals surface area (Å²) in [5, 5.41) is 0. The van der Waals surface area contributed by atoms with Crippen LogP contribution in [0.3, 0.4) is 0 Å². The Hall–Kier alpha value is -1.22. The summed E-state index contributed by atoms with van der Waals surface area (Å²) < 4.78 is 13.9. The van der Waals surface area contributed by atoms with Gasteiger partial charge in [0, 0.05) is 4.57 Å². The van der Waals surface area contributed by atoms with E-state index < -0.39 is 8.25 Å². The Labute approximate surface area is 83.4 Å². The Morgan fingerprint density at radius 2 is 1.86 bits per heavy atom. The lowest BCUT2D eigenvalue weighted by Gasteiger charge is -1.99. The molecule has 0 aromatic heterocycles. The van der Waals surface area contributed by atoms with Crippen LogP contribution in [0.1, 0.15) is 0 Å². The van der Waals surface area contributed by atoms with Crippen LogP contribution in [0.4, 0.5) is 0 Å². The SMILES string of the molecule is C=CCOc1ccccc1.O=[P+](O)O. The van der Waals surface area contributed by atoms with E-state index in [4.69, 9.17) is 19.1 Å². The molecule has 1 aromatic rings. The molecule has 0 amide bonds. The van der Waals surface area contributed by atoms with Crippen LogP contribution in [0.2, 0.25) is 0 Å². The molecule has 0 saturated heterocycles. The van der Waals surface area contributed by atoms with Gasteiger partial charge in [-0.2, -0.15) is 0 Å². The van der Waals surface area contributed by atoms with Gasteiger partial charge in [-0.05, 0) is 12.1 Å². The molecule has 4 nitrogen and oxygen atoms in total. The third kappa shape index (κ3) is 8.87. The quantitative estimate of drug-likeness (QED) is 0.596. The third-order valence-corrected chi connectivity index (χ3v) is 1.11. The smallest absolute Gasteiger partial charge is 0.490 e. The number of hydrogen-bond donors (Lipinski definition) is 2. The molecule has 76 valence electrons. The average molecular weight is 215 g/mol. The minimum atomic E-state index is -2.87. The van der Waals surface area contributed by atoms with Crippen LogP contribution in [0.15, 0.2) is 43.0 Å². The van der Waals surface area contributed by atoms with Gasteiger partial charge in [0.05, 0.1) is 0 Å². The molecular weight excluding hydrogens is 203 g/mol. The minimum absolute atomic E-state index is 0.573. The van der Waals surface area contributed by atoms with Crippen LogP contribution in [0, 0.1) is 0 Å². The first-order chi connectivity index (χ1) is 6.66. The monoisotopic (exact) mass is 215 g/mol. The van der Waals surface area contributed by atoms with Crippen LogP contribution in [0.5, 0.6) is 5.75 Å². The Kier molecular flexibility index (Phi) is 7.65. The molecule has 1 rings (SSSR count). The Balaban J connectivity index is 0.000000364. The third-order valence-electron chi connectivity index (χ3n) is 1.11. The van der Waals surface area contributed by atoms with Gasteiger partial charge in [-0.1, -0.05) is 30.9 Å². The first-order valence-corrected chi connectivity index (χ1v) is 4.97. The van der Waals surface area contributed by atoms with E-state index in [1.165, 1.54) is 0 Å². The summed E-state index contributed by atoms with van der Waals surface area (Å²) in [6, 6.07) is 9.69. The number of para-hydroxylation sites is 1. The highest BCUT2D eigenvalue weighted by atomic mass is 31.1. The van der Waals surface area contributed by atoms with E-state index in [1.807, 2.05) is 30.3 Å². The van der Waals surface area contributed by atoms with E-state index >= 15 is 0 Å². The molecule has 0 aliphatic heterocycles. The van der Waals surface area contributed by atoms with Gasteiger partial charge in [0.1, 0.15) is 12.4 Å². The molecule has 0 radical (unpaired) electrons. The molecule has 0 fully saturated rings. The largest absolute Gasteiger partial charge is 0.692 e. The van der Waals surface area contributed by atoms with Crippen molar-refractivity contribution in [2.75, 3.05) is 6.61 Å². The Morgan fingerprint density at radius 3 is 2.29 bits per heavy atom.